The van der Waals surface area contributed by atoms with Gasteiger partial charge in [-0.25, -0.2) is 9.18 Å². The number of allylic oxidation sites excluding steroid dienone is 1. The molecule has 0 saturated carbocycles. The molecule has 0 aliphatic heterocycles. The van der Waals surface area contributed by atoms with Gasteiger partial charge in [-0.15, -0.1) is 0 Å². The lowest BCUT2D eigenvalue weighted by atomic mass is 10.2. The Morgan fingerprint density at radius 1 is 1.03 bits per heavy atom. The van der Waals surface area contributed by atoms with E-state index in [1.54, 1.807) is 23.2 Å². The lowest BCUT2D eigenvalue weighted by Crippen LogP contribution is -2.13. The molecule has 0 saturated heterocycles. The van der Waals surface area contributed by atoms with Crippen LogP contribution in [0.2, 0.25) is 0 Å². The number of carboxylic acid groups (broad SMARTS) is 1. The Morgan fingerprint density at radius 3 is 2.60 bits per heavy atom. The molecule has 2 aromatic carbocycles. The van der Waals surface area contributed by atoms with Gasteiger partial charge in [0.05, 0.1) is 24.1 Å². The summed E-state index contributed by atoms with van der Waals surface area (Å²) in [4.78, 5) is 23.0. The summed E-state index contributed by atoms with van der Waals surface area (Å²) in [6, 6.07) is 13.3. The molecule has 3 N–H and O–H groups in total. The molecule has 0 unspecified atom stereocenters. The summed E-state index contributed by atoms with van der Waals surface area (Å²) in [7, 11) is 0. The van der Waals surface area contributed by atoms with Crippen LogP contribution in [0.1, 0.15) is 11.1 Å². The highest BCUT2D eigenvalue weighted by Crippen LogP contribution is 2.22. The van der Waals surface area contributed by atoms with Gasteiger partial charge in [0.2, 0.25) is 5.91 Å². The van der Waals surface area contributed by atoms with Crippen molar-refractivity contribution in [3.8, 4) is 0 Å². The van der Waals surface area contributed by atoms with E-state index < -0.39 is 17.8 Å². The minimum Gasteiger partial charge on any atom is -0.465 e. The average molecular weight is 406 g/mol. The maximum Gasteiger partial charge on any atom is 0.409 e. The van der Waals surface area contributed by atoms with Crippen molar-refractivity contribution in [2.45, 2.75) is 6.54 Å². The standard InChI is InChI=1S/C22H19FN4O3/c23-18-9-10-19(20(13-18)26-22(29)30)25-21(28)11-8-17-14-24-27(15-17)12-4-7-16-5-2-1-3-6-16/h1-11,13-15,26H,12H2,(H,25,28)(H,29,30)/b7-4?,11-8+. The molecule has 1 heterocycles. The van der Waals surface area contributed by atoms with E-state index in [0.29, 0.717) is 6.54 Å². The number of carbonyl (C=O) groups excluding carboxylic acids is 1. The SMILES string of the molecule is O=C(O)Nc1cc(F)ccc1NC(=O)/C=C/c1cnn(CC=Cc2ccccc2)c1. The maximum absolute atomic E-state index is 13.3. The molecule has 0 aliphatic carbocycles. The lowest BCUT2D eigenvalue weighted by Gasteiger charge is -2.09. The predicted molar refractivity (Wildman–Crippen MR) is 113 cm³/mol. The number of hydrogen-bond donors (Lipinski definition) is 3. The fraction of sp³-hybridized carbons (Fsp3) is 0.0455. The molecular formula is C22H19FN4O3. The van der Waals surface area contributed by atoms with Gasteiger partial charge in [-0.3, -0.25) is 14.8 Å². The van der Waals surface area contributed by atoms with Crippen LogP contribution >= 0.6 is 0 Å². The smallest absolute Gasteiger partial charge is 0.409 e. The molecule has 30 heavy (non-hydrogen) atoms. The zero-order valence-corrected chi connectivity index (χ0v) is 15.8. The third kappa shape index (κ3) is 6.16. The summed E-state index contributed by atoms with van der Waals surface area (Å²) in [5, 5.41) is 17.6. The predicted octanol–water partition coefficient (Wildman–Crippen LogP) is 4.48. The summed E-state index contributed by atoms with van der Waals surface area (Å²) in [5.41, 5.74) is 1.91. The fourth-order valence-electron chi connectivity index (χ4n) is 2.62. The second-order valence-corrected chi connectivity index (χ2v) is 6.25. The van der Waals surface area contributed by atoms with Gasteiger partial charge in [-0.2, -0.15) is 5.10 Å². The van der Waals surface area contributed by atoms with Crippen LogP contribution in [0.4, 0.5) is 20.6 Å². The second kappa shape index (κ2) is 9.83. The first-order valence-electron chi connectivity index (χ1n) is 9.02. The number of anilines is 2. The minimum atomic E-state index is -1.36. The molecule has 2 amide bonds. The zero-order valence-electron chi connectivity index (χ0n) is 15.8. The Hall–Kier alpha value is -4.20. The van der Waals surface area contributed by atoms with Gasteiger partial charge in [-0.1, -0.05) is 42.5 Å². The van der Waals surface area contributed by atoms with Gasteiger partial charge < -0.3 is 10.4 Å². The highest BCUT2D eigenvalue weighted by atomic mass is 19.1. The van der Waals surface area contributed by atoms with E-state index in [-0.39, 0.29) is 11.4 Å². The van der Waals surface area contributed by atoms with Crippen molar-refractivity contribution >= 4 is 35.5 Å². The van der Waals surface area contributed by atoms with E-state index in [9.17, 15) is 14.0 Å². The molecule has 1 aromatic heterocycles. The molecule has 8 heteroatoms. The number of aromatic nitrogens is 2. The van der Waals surface area contributed by atoms with Crippen molar-refractivity contribution in [3.05, 3.63) is 90.0 Å². The van der Waals surface area contributed by atoms with Crippen LogP contribution in [0.3, 0.4) is 0 Å². The topological polar surface area (TPSA) is 96.2 Å². The average Bonchev–Trinajstić information content (AvgIpc) is 3.17. The number of amides is 2. The first-order chi connectivity index (χ1) is 14.5. The van der Waals surface area contributed by atoms with Crippen LogP contribution in [0.5, 0.6) is 0 Å². The Kier molecular flexibility index (Phi) is 6.73. The lowest BCUT2D eigenvalue weighted by molar-refractivity contribution is -0.111. The highest BCUT2D eigenvalue weighted by molar-refractivity contribution is 6.04. The molecular weight excluding hydrogens is 387 g/mol. The van der Waals surface area contributed by atoms with Crippen molar-refractivity contribution in [1.29, 1.82) is 0 Å². The van der Waals surface area contributed by atoms with E-state index in [4.69, 9.17) is 5.11 Å². The first kappa shape index (κ1) is 20.5. The van der Waals surface area contributed by atoms with Crippen LogP contribution in [-0.2, 0) is 11.3 Å². The van der Waals surface area contributed by atoms with Crippen molar-refractivity contribution in [2.75, 3.05) is 10.6 Å². The van der Waals surface area contributed by atoms with Crippen molar-refractivity contribution in [3.63, 3.8) is 0 Å². The Labute approximate surface area is 172 Å². The summed E-state index contributed by atoms with van der Waals surface area (Å²) in [6.45, 7) is 0.578. The van der Waals surface area contributed by atoms with Crippen molar-refractivity contribution in [1.82, 2.24) is 9.78 Å². The van der Waals surface area contributed by atoms with Gasteiger partial charge in [0, 0.05) is 17.8 Å². The number of rotatable bonds is 7. The number of halogens is 1. The van der Waals surface area contributed by atoms with Crippen LogP contribution in [0.25, 0.3) is 12.2 Å². The molecule has 0 aliphatic rings. The number of carbonyl (C=O) groups is 2. The summed E-state index contributed by atoms with van der Waals surface area (Å²) < 4.78 is 15.0. The van der Waals surface area contributed by atoms with Crippen LogP contribution in [0, 0.1) is 5.82 Å². The number of hydrogen-bond acceptors (Lipinski definition) is 3. The molecule has 0 bridgehead atoms. The normalized spacial score (nSPS) is 11.1. The first-order valence-corrected chi connectivity index (χ1v) is 9.02. The third-order valence-electron chi connectivity index (χ3n) is 3.96. The Morgan fingerprint density at radius 2 is 1.83 bits per heavy atom. The zero-order chi connectivity index (χ0) is 21.3. The highest BCUT2D eigenvalue weighted by Gasteiger charge is 2.09. The van der Waals surface area contributed by atoms with Crippen LogP contribution in [-0.4, -0.2) is 26.9 Å². The van der Waals surface area contributed by atoms with Crippen molar-refractivity contribution in [2.24, 2.45) is 0 Å². The van der Waals surface area contributed by atoms with E-state index in [1.165, 1.54) is 12.1 Å². The van der Waals surface area contributed by atoms with E-state index in [1.807, 2.05) is 47.8 Å². The quantitative estimate of drug-likeness (QED) is 0.504. The Balaban J connectivity index is 1.58. The van der Waals surface area contributed by atoms with E-state index in [0.717, 1.165) is 23.3 Å². The van der Waals surface area contributed by atoms with Crippen molar-refractivity contribution < 1.29 is 19.1 Å². The van der Waals surface area contributed by atoms with Crippen LogP contribution in [0.15, 0.2) is 73.1 Å². The Bertz CT molecular complexity index is 1090. The second-order valence-electron chi connectivity index (χ2n) is 6.25. The number of nitrogens with one attached hydrogen (secondary N) is 2. The van der Waals surface area contributed by atoms with Gasteiger partial charge in [0.25, 0.3) is 0 Å². The summed E-state index contributed by atoms with van der Waals surface area (Å²) in [6.07, 6.45) is 8.89. The molecule has 0 spiro atoms. The fourth-order valence-corrected chi connectivity index (χ4v) is 2.62. The van der Waals surface area contributed by atoms with Gasteiger partial charge in [0.1, 0.15) is 5.82 Å². The molecule has 3 rings (SSSR count). The molecule has 152 valence electrons. The summed E-state index contributed by atoms with van der Waals surface area (Å²) in [5.74, 6) is -1.12. The third-order valence-corrected chi connectivity index (χ3v) is 3.96. The minimum absolute atomic E-state index is 0.0535. The monoisotopic (exact) mass is 406 g/mol. The molecule has 7 nitrogen and oxygen atoms in total. The maximum atomic E-state index is 13.3. The molecule has 0 atom stereocenters. The molecule has 0 fully saturated rings. The van der Waals surface area contributed by atoms with Gasteiger partial charge in [0.15, 0.2) is 0 Å². The number of benzene rings is 2. The van der Waals surface area contributed by atoms with Gasteiger partial charge >= 0.3 is 6.09 Å². The largest absolute Gasteiger partial charge is 0.465 e. The van der Waals surface area contributed by atoms with Crippen LogP contribution < -0.4 is 10.6 Å². The molecule has 3 aromatic rings. The summed E-state index contributed by atoms with van der Waals surface area (Å²) >= 11 is 0. The van der Waals surface area contributed by atoms with Gasteiger partial charge in [-0.05, 0) is 29.8 Å². The number of nitrogens with zero attached hydrogens (tertiary/aromatic N) is 2. The molecule has 0 radical (unpaired) electrons. The van der Waals surface area contributed by atoms with E-state index in [2.05, 4.69) is 10.4 Å². The van der Waals surface area contributed by atoms with E-state index >= 15 is 0 Å².